The number of carbonyl (C=O) groups is 1. The molecule has 84 valence electrons. The largest absolute Gasteiger partial charge is 0.460 e. The summed E-state index contributed by atoms with van der Waals surface area (Å²) in [6, 6.07) is -0.644. The zero-order chi connectivity index (χ0) is 11.2. The molecule has 0 aliphatic heterocycles. The van der Waals surface area contributed by atoms with Crippen molar-refractivity contribution in [3.05, 3.63) is 0 Å². The Bertz CT molecular complexity index is 186. The summed E-state index contributed by atoms with van der Waals surface area (Å²) >= 11 is 17.8. The summed E-state index contributed by atoms with van der Waals surface area (Å²) in [4.78, 5) is 11.2. The van der Waals surface area contributed by atoms with Gasteiger partial charge in [0.1, 0.15) is 12.6 Å². The lowest BCUT2D eigenvalue weighted by atomic mass is 10.2. The maximum absolute atomic E-state index is 11.2. The molecule has 0 radical (unpaired) electrons. The average molecular weight is 281 g/mol. The third-order valence-electron chi connectivity index (χ3n) is 1.31. The van der Waals surface area contributed by atoms with Crippen LogP contribution in [0.25, 0.3) is 0 Å². The summed E-state index contributed by atoms with van der Waals surface area (Å²) in [6.07, 6.45) is 2.49. The second-order valence-corrected chi connectivity index (χ2v) is 6.11. The lowest BCUT2D eigenvalue weighted by Crippen LogP contribution is -2.34. The first-order valence-corrected chi connectivity index (χ1v) is 6.37. The predicted octanol–water partition coefficient (Wildman–Crippen LogP) is 1.98. The van der Waals surface area contributed by atoms with Crippen LogP contribution in [0.15, 0.2) is 0 Å². The number of halogens is 3. The van der Waals surface area contributed by atoms with Crippen LogP contribution in [0, 0.1) is 0 Å². The van der Waals surface area contributed by atoms with E-state index in [0.29, 0.717) is 6.42 Å². The molecule has 0 aromatic carbocycles. The second kappa shape index (κ2) is 7.01. The van der Waals surface area contributed by atoms with Crippen LogP contribution in [0.2, 0.25) is 0 Å². The Balaban J connectivity index is 3.73. The van der Waals surface area contributed by atoms with Crippen molar-refractivity contribution in [3.8, 4) is 0 Å². The zero-order valence-electron chi connectivity index (χ0n) is 7.63. The highest BCUT2D eigenvalue weighted by Crippen LogP contribution is 2.26. The molecule has 0 spiro atoms. The average Bonchev–Trinajstić information content (AvgIpc) is 2.09. The molecule has 0 fully saturated rings. The molecule has 0 unspecified atom stereocenters. The Morgan fingerprint density at radius 1 is 1.57 bits per heavy atom. The van der Waals surface area contributed by atoms with Gasteiger partial charge in [-0.25, -0.2) is 0 Å². The van der Waals surface area contributed by atoms with Crippen LogP contribution in [-0.4, -0.2) is 34.4 Å². The van der Waals surface area contributed by atoms with Crippen LogP contribution in [-0.2, 0) is 9.53 Å². The smallest absolute Gasteiger partial charge is 0.323 e. The first-order chi connectivity index (χ1) is 6.37. The Morgan fingerprint density at radius 2 is 2.14 bits per heavy atom. The van der Waals surface area contributed by atoms with Crippen molar-refractivity contribution in [1.82, 2.24) is 0 Å². The van der Waals surface area contributed by atoms with Gasteiger partial charge in [-0.05, 0) is 18.4 Å². The minimum atomic E-state index is -1.57. The lowest BCUT2D eigenvalue weighted by molar-refractivity contribution is -0.145. The molecule has 1 atom stereocenters. The lowest BCUT2D eigenvalue weighted by Gasteiger charge is -2.14. The second-order valence-electron chi connectivity index (χ2n) is 2.61. The van der Waals surface area contributed by atoms with Gasteiger partial charge in [0.2, 0.25) is 3.79 Å². The molecule has 0 rings (SSSR count). The van der Waals surface area contributed by atoms with Gasteiger partial charge >= 0.3 is 5.97 Å². The van der Waals surface area contributed by atoms with Crippen molar-refractivity contribution < 1.29 is 9.53 Å². The molecule has 2 N–H and O–H groups in total. The van der Waals surface area contributed by atoms with Crippen molar-refractivity contribution in [3.63, 3.8) is 0 Å². The van der Waals surface area contributed by atoms with E-state index in [9.17, 15) is 4.79 Å². The van der Waals surface area contributed by atoms with Crippen molar-refractivity contribution >= 4 is 52.5 Å². The summed E-state index contributed by atoms with van der Waals surface area (Å²) in [5, 5.41) is 0. The number of ether oxygens (including phenoxy) is 1. The summed E-state index contributed by atoms with van der Waals surface area (Å²) in [6.45, 7) is -0.274. The number of rotatable bonds is 5. The number of alkyl halides is 3. The number of hydrogen-bond donors (Lipinski definition) is 1. The van der Waals surface area contributed by atoms with Gasteiger partial charge in [-0.3, -0.25) is 4.79 Å². The number of hydrogen-bond acceptors (Lipinski definition) is 4. The molecule has 0 saturated heterocycles. The maximum Gasteiger partial charge on any atom is 0.323 e. The quantitative estimate of drug-likeness (QED) is 0.618. The first-order valence-electron chi connectivity index (χ1n) is 3.84. The van der Waals surface area contributed by atoms with Crippen LogP contribution < -0.4 is 5.73 Å². The molecule has 0 aromatic rings. The fourth-order valence-electron chi connectivity index (χ4n) is 0.623. The molecule has 0 aliphatic rings. The van der Waals surface area contributed by atoms with Gasteiger partial charge in [-0.15, -0.1) is 0 Å². The van der Waals surface area contributed by atoms with Crippen molar-refractivity contribution in [2.75, 3.05) is 18.6 Å². The number of thioether (sulfide) groups is 1. The predicted molar refractivity (Wildman–Crippen MR) is 62.2 cm³/mol. The highest BCUT2D eigenvalue weighted by atomic mass is 35.6. The van der Waals surface area contributed by atoms with Crippen LogP contribution in [0.3, 0.4) is 0 Å². The van der Waals surface area contributed by atoms with Gasteiger partial charge in [-0.2, -0.15) is 11.8 Å². The Morgan fingerprint density at radius 3 is 2.57 bits per heavy atom. The standard InChI is InChI=1S/C7H12Cl3NO2S/c1-14-3-2-5(11)6(12)13-4-7(8,9)10/h5H,2-4,11H2,1H3/t5-/m0/s1. The van der Waals surface area contributed by atoms with Crippen molar-refractivity contribution in [2.45, 2.75) is 16.3 Å². The molecular weight excluding hydrogens is 269 g/mol. The van der Waals surface area contributed by atoms with E-state index in [1.54, 1.807) is 11.8 Å². The summed E-state index contributed by atoms with van der Waals surface area (Å²) in [7, 11) is 0. The minimum Gasteiger partial charge on any atom is -0.460 e. The number of carbonyl (C=O) groups excluding carboxylic acids is 1. The van der Waals surface area contributed by atoms with Gasteiger partial charge in [0.25, 0.3) is 0 Å². The van der Waals surface area contributed by atoms with Crippen LogP contribution in [0.5, 0.6) is 0 Å². The Kier molecular flexibility index (Phi) is 7.34. The minimum absolute atomic E-state index is 0.274. The highest BCUT2D eigenvalue weighted by Gasteiger charge is 2.24. The van der Waals surface area contributed by atoms with E-state index in [4.69, 9.17) is 45.3 Å². The third kappa shape index (κ3) is 8.00. The number of nitrogens with two attached hydrogens (primary N) is 1. The van der Waals surface area contributed by atoms with Crippen LogP contribution in [0.1, 0.15) is 6.42 Å². The van der Waals surface area contributed by atoms with Crippen LogP contribution in [0.4, 0.5) is 0 Å². The van der Waals surface area contributed by atoms with Gasteiger partial charge < -0.3 is 10.5 Å². The van der Waals surface area contributed by atoms with Crippen molar-refractivity contribution in [2.24, 2.45) is 5.73 Å². The number of esters is 1. The van der Waals surface area contributed by atoms with Crippen molar-refractivity contribution in [1.29, 1.82) is 0 Å². The van der Waals surface area contributed by atoms with E-state index in [0.717, 1.165) is 5.75 Å². The Hall–Kier alpha value is 0.650. The normalized spacial score (nSPS) is 13.8. The van der Waals surface area contributed by atoms with Gasteiger partial charge in [0.05, 0.1) is 0 Å². The summed E-state index contributed by atoms with van der Waals surface area (Å²) < 4.78 is 3.12. The fourth-order valence-corrected chi connectivity index (χ4v) is 1.28. The highest BCUT2D eigenvalue weighted by molar-refractivity contribution is 7.98. The SMILES string of the molecule is CSCC[C@H](N)C(=O)OCC(Cl)(Cl)Cl. The van der Waals surface area contributed by atoms with E-state index >= 15 is 0 Å². The first kappa shape index (κ1) is 14.6. The summed E-state index contributed by atoms with van der Waals surface area (Å²) in [5.41, 5.74) is 5.52. The molecular formula is C7H12Cl3NO2S. The molecule has 0 saturated carbocycles. The molecule has 0 heterocycles. The van der Waals surface area contributed by atoms with E-state index in [1.165, 1.54) is 0 Å². The maximum atomic E-state index is 11.2. The van der Waals surface area contributed by atoms with E-state index < -0.39 is 15.8 Å². The Labute approximate surface area is 103 Å². The molecule has 0 aromatic heterocycles. The zero-order valence-corrected chi connectivity index (χ0v) is 10.7. The molecule has 0 bridgehead atoms. The molecule has 0 amide bonds. The molecule has 3 nitrogen and oxygen atoms in total. The molecule has 0 aliphatic carbocycles. The summed E-state index contributed by atoms with van der Waals surface area (Å²) in [5.74, 6) is 0.259. The van der Waals surface area contributed by atoms with Crippen LogP contribution >= 0.6 is 46.6 Å². The van der Waals surface area contributed by atoms with Gasteiger partial charge in [0.15, 0.2) is 0 Å². The van der Waals surface area contributed by atoms with Gasteiger partial charge in [0, 0.05) is 0 Å². The molecule has 14 heavy (non-hydrogen) atoms. The van der Waals surface area contributed by atoms with E-state index in [-0.39, 0.29) is 6.61 Å². The third-order valence-corrected chi connectivity index (χ3v) is 2.29. The van der Waals surface area contributed by atoms with Gasteiger partial charge in [-0.1, -0.05) is 34.8 Å². The monoisotopic (exact) mass is 279 g/mol. The topological polar surface area (TPSA) is 52.3 Å². The molecule has 7 heteroatoms. The van der Waals surface area contributed by atoms with E-state index in [1.807, 2.05) is 6.26 Å². The van der Waals surface area contributed by atoms with E-state index in [2.05, 4.69) is 0 Å². The fraction of sp³-hybridized carbons (Fsp3) is 0.857.